The molecule has 19 heavy (non-hydrogen) atoms. The first-order valence-electron chi connectivity index (χ1n) is 6.74. The molecular formula is C15H21N3O. The predicted molar refractivity (Wildman–Crippen MR) is 79.1 cm³/mol. The van der Waals surface area contributed by atoms with Gasteiger partial charge in [-0.15, -0.1) is 0 Å². The summed E-state index contributed by atoms with van der Waals surface area (Å²) >= 11 is 0. The van der Waals surface area contributed by atoms with Crippen LogP contribution in [0.2, 0.25) is 0 Å². The number of carbonyl (C=O) groups is 1. The Morgan fingerprint density at radius 3 is 2.89 bits per heavy atom. The molecule has 0 saturated heterocycles. The first-order chi connectivity index (χ1) is 9.10. The first kappa shape index (κ1) is 13.6. The van der Waals surface area contributed by atoms with Gasteiger partial charge in [-0.1, -0.05) is 6.92 Å². The summed E-state index contributed by atoms with van der Waals surface area (Å²) in [7, 11) is 0. The number of rotatable bonds is 5. The molecule has 0 aliphatic rings. The van der Waals surface area contributed by atoms with Crippen LogP contribution in [0, 0.1) is 0 Å². The van der Waals surface area contributed by atoms with Gasteiger partial charge in [-0.3, -0.25) is 4.79 Å². The number of benzene rings is 1. The van der Waals surface area contributed by atoms with Crippen molar-refractivity contribution >= 4 is 22.5 Å². The first-order valence-corrected chi connectivity index (χ1v) is 6.74. The monoisotopic (exact) mass is 259 g/mol. The molecule has 0 aliphatic heterocycles. The van der Waals surface area contributed by atoms with Gasteiger partial charge in [0, 0.05) is 41.8 Å². The summed E-state index contributed by atoms with van der Waals surface area (Å²) < 4.78 is 2.23. The zero-order valence-electron chi connectivity index (χ0n) is 11.5. The van der Waals surface area contributed by atoms with Crippen molar-refractivity contribution in [3.63, 3.8) is 0 Å². The Morgan fingerprint density at radius 2 is 2.21 bits per heavy atom. The van der Waals surface area contributed by atoms with E-state index in [0.717, 1.165) is 24.0 Å². The molecular weight excluding hydrogens is 238 g/mol. The fraction of sp³-hybridized carbons (Fsp3) is 0.400. The molecule has 1 aromatic carbocycles. The van der Waals surface area contributed by atoms with Crippen molar-refractivity contribution in [2.75, 3.05) is 5.32 Å². The molecule has 2 rings (SSSR count). The Morgan fingerprint density at radius 1 is 1.42 bits per heavy atom. The van der Waals surface area contributed by atoms with Crippen LogP contribution >= 0.6 is 0 Å². The zero-order chi connectivity index (χ0) is 13.8. The number of hydrogen-bond donors (Lipinski definition) is 2. The normalized spacial score (nSPS) is 12.6. The number of amides is 1. The third kappa shape index (κ3) is 3.35. The molecule has 0 spiro atoms. The van der Waals surface area contributed by atoms with Crippen molar-refractivity contribution in [2.24, 2.45) is 5.73 Å². The molecule has 1 heterocycles. The standard InChI is InChI=1S/C15H21N3O/c1-3-7-18-8-6-12-10-13(4-5-14(12)18)17-15(19)9-11(2)16/h4-6,8,10-11H,3,7,9,16H2,1-2H3,(H,17,19). The maximum atomic E-state index is 11.7. The average Bonchev–Trinajstić information content (AvgIpc) is 2.71. The maximum absolute atomic E-state index is 11.7. The fourth-order valence-corrected chi connectivity index (χ4v) is 2.22. The number of fused-ring (bicyclic) bond motifs is 1. The Hall–Kier alpha value is -1.81. The van der Waals surface area contributed by atoms with Gasteiger partial charge in [0.05, 0.1) is 0 Å². The molecule has 0 saturated carbocycles. The highest BCUT2D eigenvalue weighted by atomic mass is 16.1. The van der Waals surface area contributed by atoms with E-state index in [9.17, 15) is 4.79 Å². The third-order valence-corrected chi connectivity index (χ3v) is 3.03. The minimum Gasteiger partial charge on any atom is -0.347 e. The van der Waals surface area contributed by atoms with Crippen molar-refractivity contribution in [2.45, 2.75) is 39.3 Å². The molecule has 0 aliphatic carbocycles. The summed E-state index contributed by atoms with van der Waals surface area (Å²) in [5.74, 6) is -0.0395. The Kier molecular flexibility index (Phi) is 4.22. The molecule has 102 valence electrons. The maximum Gasteiger partial charge on any atom is 0.225 e. The van der Waals surface area contributed by atoms with Gasteiger partial charge in [0.1, 0.15) is 0 Å². The van der Waals surface area contributed by atoms with Crippen molar-refractivity contribution in [1.82, 2.24) is 4.57 Å². The van der Waals surface area contributed by atoms with Gasteiger partial charge >= 0.3 is 0 Å². The van der Waals surface area contributed by atoms with Gasteiger partial charge in [-0.05, 0) is 37.6 Å². The van der Waals surface area contributed by atoms with E-state index in [2.05, 4.69) is 29.1 Å². The largest absolute Gasteiger partial charge is 0.347 e. The van der Waals surface area contributed by atoms with Crippen LogP contribution in [0.3, 0.4) is 0 Å². The second-order valence-electron chi connectivity index (χ2n) is 5.01. The fourth-order valence-electron chi connectivity index (χ4n) is 2.22. The lowest BCUT2D eigenvalue weighted by Crippen LogP contribution is -2.23. The van der Waals surface area contributed by atoms with E-state index in [4.69, 9.17) is 5.73 Å². The topological polar surface area (TPSA) is 60.0 Å². The molecule has 2 aromatic rings. The smallest absolute Gasteiger partial charge is 0.225 e. The second-order valence-corrected chi connectivity index (χ2v) is 5.01. The molecule has 3 N–H and O–H groups in total. The Labute approximate surface area is 113 Å². The number of nitrogens with zero attached hydrogens (tertiary/aromatic N) is 1. The SMILES string of the molecule is CCCn1ccc2cc(NC(=O)CC(C)N)ccc21. The van der Waals surface area contributed by atoms with Crippen LogP contribution in [-0.2, 0) is 11.3 Å². The highest BCUT2D eigenvalue weighted by molar-refractivity contribution is 5.94. The minimum atomic E-state index is -0.116. The van der Waals surface area contributed by atoms with E-state index in [-0.39, 0.29) is 11.9 Å². The molecule has 1 atom stereocenters. The van der Waals surface area contributed by atoms with E-state index in [1.807, 2.05) is 25.1 Å². The predicted octanol–water partition coefficient (Wildman–Crippen LogP) is 2.73. The number of nitrogens with two attached hydrogens (primary N) is 1. The van der Waals surface area contributed by atoms with Crippen LogP contribution in [0.5, 0.6) is 0 Å². The minimum absolute atomic E-state index is 0.0395. The van der Waals surface area contributed by atoms with Crippen molar-refractivity contribution in [3.8, 4) is 0 Å². The highest BCUT2D eigenvalue weighted by Crippen LogP contribution is 2.21. The molecule has 1 aromatic heterocycles. The lowest BCUT2D eigenvalue weighted by Gasteiger charge is -2.08. The van der Waals surface area contributed by atoms with Crippen molar-refractivity contribution < 1.29 is 4.79 Å². The molecule has 0 fully saturated rings. The van der Waals surface area contributed by atoms with Crippen LogP contribution in [0.25, 0.3) is 10.9 Å². The summed E-state index contributed by atoms with van der Waals surface area (Å²) in [5.41, 5.74) is 7.64. The Balaban J connectivity index is 2.16. The van der Waals surface area contributed by atoms with Crippen molar-refractivity contribution in [1.29, 1.82) is 0 Å². The molecule has 1 unspecified atom stereocenters. The molecule has 4 nitrogen and oxygen atoms in total. The lowest BCUT2D eigenvalue weighted by molar-refractivity contribution is -0.116. The average molecular weight is 259 g/mol. The van der Waals surface area contributed by atoms with E-state index < -0.39 is 0 Å². The Bertz CT molecular complexity index is 572. The number of carbonyl (C=O) groups excluding carboxylic acids is 1. The van der Waals surface area contributed by atoms with E-state index in [1.165, 1.54) is 5.52 Å². The summed E-state index contributed by atoms with van der Waals surface area (Å²) in [4.78, 5) is 11.7. The van der Waals surface area contributed by atoms with E-state index in [1.54, 1.807) is 0 Å². The molecule has 0 bridgehead atoms. The number of anilines is 1. The van der Waals surface area contributed by atoms with Crippen LogP contribution in [0.15, 0.2) is 30.5 Å². The summed E-state index contributed by atoms with van der Waals surface area (Å²) in [5, 5.41) is 4.02. The van der Waals surface area contributed by atoms with Gasteiger partial charge < -0.3 is 15.6 Å². The number of nitrogens with one attached hydrogen (secondary N) is 1. The second kappa shape index (κ2) is 5.89. The van der Waals surface area contributed by atoms with Gasteiger partial charge in [0.15, 0.2) is 0 Å². The quantitative estimate of drug-likeness (QED) is 0.867. The van der Waals surface area contributed by atoms with Gasteiger partial charge in [-0.2, -0.15) is 0 Å². The van der Waals surface area contributed by atoms with E-state index >= 15 is 0 Å². The number of aromatic nitrogens is 1. The van der Waals surface area contributed by atoms with Crippen molar-refractivity contribution in [3.05, 3.63) is 30.5 Å². The zero-order valence-corrected chi connectivity index (χ0v) is 11.5. The van der Waals surface area contributed by atoms with Gasteiger partial charge in [0.25, 0.3) is 0 Å². The van der Waals surface area contributed by atoms with Crippen LogP contribution in [0.4, 0.5) is 5.69 Å². The van der Waals surface area contributed by atoms with Crippen LogP contribution in [-0.4, -0.2) is 16.5 Å². The third-order valence-electron chi connectivity index (χ3n) is 3.03. The molecule has 1 amide bonds. The van der Waals surface area contributed by atoms with Crippen LogP contribution < -0.4 is 11.1 Å². The summed E-state index contributed by atoms with van der Waals surface area (Å²) in [6, 6.07) is 7.95. The highest BCUT2D eigenvalue weighted by Gasteiger charge is 2.07. The van der Waals surface area contributed by atoms with Gasteiger partial charge in [0.2, 0.25) is 5.91 Å². The van der Waals surface area contributed by atoms with E-state index in [0.29, 0.717) is 6.42 Å². The number of aryl methyl sites for hydroxylation is 1. The summed E-state index contributed by atoms with van der Waals surface area (Å²) in [6.45, 7) is 5.00. The number of hydrogen-bond acceptors (Lipinski definition) is 2. The lowest BCUT2D eigenvalue weighted by atomic mass is 10.2. The molecule has 0 radical (unpaired) electrons. The summed E-state index contributed by atoms with van der Waals surface area (Å²) in [6.07, 6.45) is 3.53. The van der Waals surface area contributed by atoms with Gasteiger partial charge in [-0.25, -0.2) is 0 Å². The molecule has 4 heteroatoms. The van der Waals surface area contributed by atoms with Crippen LogP contribution in [0.1, 0.15) is 26.7 Å².